The molecular formula is C10H14N2O2. The second-order valence-corrected chi connectivity index (χ2v) is 3.94. The van der Waals surface area contributed by atoms with Crippen molar-refractivity contribution >= 4 is 5.97 Å². The molecule has 76 valence electrons. The molecule has 1 aromatic rings. The fourth-order valence-corrected chi connectivity index (χ4v) is 1.63. The van der Waals surface area contributed by atoms with E-state index >= 15 is 0 Å². The number of carboxylic acid groups (broad SMARTS) is 1. The maximum absolute atomic E-state index is 10.7. The summed E-state index contributed by atoms with van der Waals surface area (Å²) in [6, 6.07) is 1.89. The molecule has 1 heterocycles. The second kappa shape index (κ2) is 3.44. The number of carbonyl (C=O) groups is 1. The fraction of sp³-hybridized carbons (Fsp3) is 0.600. The molecule has 1 atom stereocenters. The van der Waals surface area contributed by atoms with E-state index in [9.17, 15) is 4.79 Å². The summed E-state index contributed by atoms with van der Waals surface area (Å²) < 4.78 is 0. The van der Waals surface area contributed by atoms with E-state index < -0.39 is 11.9 Å². The molecule has 0 saturated heterocycles. The summed E-state index contributed by atoms with van der Waals surface area (Å²) in [5, 5.41) is 15.8. The molecule has 4 heteroatoms. The molecule has 0 bridgehead atoms. The number of rotatable bonds is 3. The van der Waals surface area contributed by atoms with Gasteiger partial charge in [-0.05, 0) is 25.8 Å². The number of carboxylic acids is 1. The summed E-state index contributed by atoms with van der Waals surface area (Å²) in [4.78, 5) is 10.7. The first-order valence-electron chi connectivity index (χ1n) is 4.96. The topological polar surface area (TPSA) is 66.0 Å². The van der Waals surface area contributed by atoms with E-state index in [0.717, 1.165) is 5.69 Å². The molecule has 4 nitrogen and oxygen atoms in total. The Kier molecular flexibility index (Phi) is 2.27. The fourth-order valence-electron chi connectivity index (χ4n) is 1.63. The zero-order valence-corrected chi connectivity index (χ0v) is 8.16. The molecule has 0 amide bonds. The van der Waals surface area contributed by atoms with E-state index in [2.05, 4.69) is 10.2 Å². The van der Waals surface area contributed by atoms with E-state index in [0.29, 0.717) is 11.6 Å². The van der Waals surface area contributed by atoms with Crippen molar-refractivity contribution in [1.82, 2.24) is 10.2 Å². The van der Waals surface area contributed by atoms with Crippen molar-refractivity contribution in [3.63, 3.8) is 0 Å². The third-order valence-corrected chi connectivity index (χ3v) is 2.98. The number of H-pyrrole nitrogens is 1. The molecule has 1 aliphatic rings. The van der Waals surface area contributed by atoms with E-state index in [1.807, 2.05) is 6.07 Å². The first kappa shape index (κ1) is 9.24. The zero-order chi connectivity index (χ0) is 10.1. The van der Waals surface area contributed by atoms with Crippen molar-refractivity contribution in [2.75, 3.05) is 0 Å². The SMILES string of the molecule is CC(C(=O)O)c1cc(C2CCC2)[nH]n1. The molecular weight excluding hydrogens is 180 g/mol. The van der Waals surface area contributed by atoms with Gasteiger partial charge in [-0.1, -0.05) is 6.42 Å². The molecule has 1 saturated carbocycles. The number of aromatic nitrogens is 2. The molecule has 14 heavy (non-hydrogen) atoms. The van der Waals surface area contributed by atoms with Crippen LogP contribution in [0.4, 0.5) is 0 Å². The van der Waals surface area contributed by atoms with Crippen molar-refractivity contribution in [3.05, 3.63) is 17.5 Å². The largest absolute Gasteiger partial charge is 0.481 e. The summed E-state index contributed by atoms with van der Waals surface area (Å²) in [5.41, 5.74) is 1.73. The van der Waals surface area contributed by atoms with Crippen LogP contribution >= 0.6 is 0 Å². The highest BCUT2D eigenvalue weighted by Gasteiger charge is 2.24. The zero-order valence-electron chi connectivity index (χ0n) is 8.16. The van der Waals surface area contributed by atoms with Gasteiger partial charge in [0.2, 0.25) is 0 Å². The normalized spacial score (nSPS) is 18.9. The van der Waals surface area contributed by atoms with Gasteiger partial charge in [0.25, 0.3) is 0 Å². The van der Waals surface area contributed by atoms with Crippen molar-refractivity contribution in [3.8, 4) is 0 Å². The summed E-state index contributed by atoms with van der Waals surface area (Å²) in [6.07, 6.45) is 3.67. The van der Waals surface area contributed by atoms with Gasteiger partial charge in [0.15, 0.2) is 0 Å². The Morgan fingerprint density at radius 2 is 2.43 bits per heavy atom. The number of nitrogens with zero attached hydrogens (tertiary/aromatic N) is 1. The Morgan fingerprint density at radius 3 is 2.93 bits per heavy atom. The third kappa shape index (κ3) is 1.52. The lowest BCUT2D eigenvalue weighted by molar-refractivity contribution is -0.138. The third-order valence-electron chi connectivity index (χ3n) is 2.98. The second-order valence-electron chi connectivity index (χ2n) is 3.94. The smallest absolute Gasteiger partial charge is 0.312 e. The van der Waals surface area contributed by atoms with Crippen molar-refractivity contribution in [1.29, 1.82) is 0 Å². The number of nitrogens with one attached hydrogen (secondary N) is 1. The maximum Gasteiger partial charge on any atom is 0.312 e. The number of hydrogen-bond donors (Lipinski definition) is 2. The summed E-state index contributed by atoms with van der Waals surface area (Å²) in [5.74, 6) is -0.756. The Labute approximate surface area is 82.3 Å². The molecule has 1 aromatic heterocycles. The maximum atomic E-state index is 10.7. The predicted octanol–water partition coefficient (Wildman–Crippen LogP) is 1.87. The van der Waals surface area contributed by atoms with Crippen LogP contribution < -0.4 is 0 Å². The van der Waals surface area contributed by atoms with Gasteiger partial charge >= 0.3 is 5.97 Å². The van der Waals surface area contributed by atoms with Crippen LogP contribution in [0.25, 0.3) is 0 Å². The van der Waals surface area contributed by atoms with Gasteiger partial charge in [-0.25, -0.2) is 0 Å². The lowest BCUT2D eigenvalue weighted by atomic mass is 9.83. The van der Waals surface area contributed by atoms with Gasteiger partial charge in [0.1, 0.15) is 0 Å². The highest BCUT2D eigenvalue weighted by atomic mass is 16.4. The average molecular weight is 194 g/mol. The van der Waals surface area contributed by atoms with Crippen molar-refractivity contribution < 1.29 is 9.90 Å². The highest BCUT2D eigenvalue weighted by molar-refractivity contribution is 5.74. The Hall–Kier alpha value is -1.32. The minimum atomic E-state index is -0.823. The molecule has 0 spiro atoms. The minimum Gasteiger partial charge on any atom is -0.481 e. The van der Waals surface area contributed by atoms with E-state index in [1.54, 1.807) is 6.92 Å². The van der Waals surface area contributed by atoms with Gasteiger partial charge in [-0.3, -0.25) is 9.89 Å². The van der Waals surface area contributed by atoms with Gasteiger partial charge in [-0.2, -0.15) is 5.10 Å². The first-order valence-corrected chi connectivity index (χ1v) is 4.96. The average Bonchev–Trinajstić information content (AvgIpc) is 2.48. The lowest BCUT2D eigenvalue weighted by Crippen LogP contribution is -2.09. The van der Waals surface area contributed by atoms with E-state index in [1.165, 1.54) is 19.3 Å². The first-order chi connectivity index (χ1) is 6.68. The minimum absolute atomic E-state index is 0.514. The molecule has 0 radical (unpaired) electrons. The van der Waals surface area contributed by atoms with Crippen LogP contribution in [0.1, 0.15) is 49.4 Å². The number of hydrogen-bond acceptors (Lipinski definition) is 2. The molecule has 0 aromatic carbocycles. The standard InChI is InChI=1S/C10H14N2O2/c1-6(10(13)14)8-5-9(12-11-8)7-3-2-4-7/h5-7H,2-4H2,1H3,(H,11,12)(H,13,14). The Balaban J connectivity index is 2.12. The van der Waals surface area contributed by atoms with Crippen molar-refractivity contribution in [2.45, 2.75) is 38.0 Å². The van der Waals surface area contributed by atoms with Crippen LogP contribution in [-0.4, -0.2) is 21.3 Å². The summed E-state index contributed by atoms with van der Waals surface area (Å²) in [6.45, 7) is 1.66. The van der Waals surface area contributed by atoms with Crippen LogP contribution in [0, 0.1) is 0 Å². The monoisotopic (exact) mass is 194 g/mol. The van der Waals surface area contributed by atoms with Crippen LogP contribution in [0.2, 0.25) is 0 Å². The van der Waals surface area contributed by atoms with E-state index in [4.69, 9.17) is 5.11 Å². The number of aliphatic carboxylic acids is 1. The quantitative estimate of drug-likeness (QED) is 0.771. The Bertz CT molecular complexity index is 342. The van der Waals surface area contributed by atoms with Crippen LogP contribution in [-0.2, 0) is 4.79 Å². The van der Waals surface area contributed by atoms with Gasteiger partial charge in [0.05, 0.1) is 11.6 Å². The van der Waals surface area contributed by atoms with Crippen LogP contribution in [0.3, 0.4) is 0 Å². The van der Waals surface area contributed by atoms with Crippen LogP contribution in [0.15, 0.2) is 6.07 Å². The molecule has 1 aliphatic carbocycles. The molecule has 1 unspecified atom stereocenters. The summed E-state index contributed by atoms with van der Waals surface area (Å²) >= 11 is 0. The van der Waals surface area contributed by atoms with Gasteiger partial charge in [0, 0.05) is 11.6 Å². The predicted molar refractivity (Wildman–Crippen MR) is 51.2 cm³/mol. The Morgan fingerprint density at radius 1 is 1.71 bits per heavy atom. The molecule has 0 aliphatic heterocycles. The number of aromatic amines is 1. The van der Waals surface area contributed by atoms with Gasteiger partial charge in [-0.15, -0.1) is 0 Å². The van der Waals surface area contributed by atoms with E-state index in [-0.39, 0.29) is 0 Å². The van der Waals surface area contributed by atoms with Crippen molar-refractivity contribution in [2.24, 2.45) is 0 Å². The lowest BCUT2D eigenvalue weighted by Gasteiger charge is -2.23. The molecule has 1 fully saturated rings. The van der Waals surface area contributed by atoms with Gasteiger partial charge < -0.3 is 5.11 Å². The highest BCUT2D eigenvalue weighted by Crippen LogP contribution is 2.35. The summed E-state index contributed by atoms with van der Waals surface area (Å²) in [7, 11) is 0. The molecule has 2 rings (SSSR count). The molecule has 2 N–H and O–H groups in total. The van der Waals surface area contributed by atoms with Crippen LogP contribution in [0.5, 0.6) is 0 Å².